The van der Waals surface area contributed by atoms with Crippen LogP contribution in [0.2, 0.25) is 0 Å². The predicted molar refractivity (Wildman–Crippen MR) is 121 cm³/mol. The van der Waals surface area contributed by atoms with Gasteiger partial charge in [-0.3, -0.25) is 4.79 Å². The number of carboxylic acid groups (broad SMARTS) is 1. The van der Waals surface area contributed by atoms with Crippen LogP contribution in [0.15, 0.2) is 52.9 Å². The smallest absolute Gasteiger partial charge is 0.310 e. The molecule has 3 aromatic rings. The SMILES string of the molecule is Cc1oc(-c2ccccc2)nc1CCOc1ccc2c(c1)OC(C(C)(C)C)C(C(=O)O)C2. The van der Waals surface area contributed by atoms with Crippen LogP contribution in [0, 0.1) is 18.3 Å². The maximum Gasteiger partial charge on any atom is 0.310 e. The lowest BCUT2D eigenvalue weighted by Gasteiger charge is -2.39. The van der Waals surface area contributed by atoms with E-state index in [-0.39, 0.29) is 5.41 Å². The van der Waals surface area contributed by atoms with E-state index in [1.54, 1.807) is 0 Å². The highest BCUT2D eigenvalue weighted by atomic mass is 16.5. The standard InChI is InChI=1S/C26H29NO5/c1-16-21(27-24(31-16)17-8-6-5-7-9-17)12-13-30-19-11-10-18-14-20(25(28)29)23(26(2,3)4)32-22(18)15-19/h5-11,15,20,23H,12-14H2,1-4H3,(H,28,29). The van der Waals surface area contributed by atoms with Gasteiger partial charge in [0.25, 0.3) is 0 Å². The van der Waals surface area contributed by atoms with Gasteiger partial charge in [-0.05, 0) is 42.5 Å². The Morgan fingerprint density at radius 2 is 1.94 bits per heavy atom. The minimum absolute atomic E-state index is 0.293. The summed E-state index contributed by atoms with van der Waals surface area (Å²) in [7, 11) is 0. The molecule has 168 valence electrons. The van der Waals surface area contributed by atoms with Gasteiger partial charge in [-0.2, -0.15) is 0 Å². The van der Waals surface area contributed by atoms with E-state index in [1.165, 1.54) is 0 Å². The average molecular weight is 436 g/mol. The Balaban J connectivity index is 1.43. The highest BCUT2D eigenvalue weighted by Crippen LogP contribution is 2.40. The summed E-state index contributed by atoms with van der Waals surface area (Å²) in [6.45, 7) is 8.36. The molecule has 1 aliphatic rings. The molecular formula is C26H29NO5. The molecule has 0 aliphatic carbocycles. The minimum Gasteiger partial charge on any atom is -0.493 e. The van der Waals surface area contributed by atoms with Gasteiger partial charge in [-0.15, -0.1) is 0 Å². The van der Waals surface area contributed by atoms with E-state index in [0.717, 1.165) is 22.6 Å². The maximum absolute atomic E-state index is 11.8. The fraction of sp³-hybridized carbons (Fsp3) is 0.385. The second-order valence-electron chi connectivity index (χ2n) is 9.31. The van der Waals surface area contributed by atoms with Crippen LogP contribution in [-0.4, -0.2) is 28.8 Å². The molecule has 1 aromatic heterocycles. The van der Waals surface area contributed by atoms with E-state index in [2.05, 4.69) is 4.98 Å². The summed E-state index contributed by atoms with van der Waals surface area (Å²) in [6, 6.07) is 15.4. The van der Waals surface area contributed by atoms with Crippen molar-refractivity contribution in [1.82, 2.24) is 4.98 Å². The van der Waals surface area contributed by atoms with Crippen LogP contribution in [-0.2, 0) is 17.6 Å². The lowest BCUT2D eigenvalue weighted by molar-refractivity contribution is -0.148. The van der Waals surface area contributed by atoms with Gasteiger partial charge in [-0.1, -0.05) is 45.0 Å². The summed E-state index contributed by atoms with van der Waals surface area (Å²) in [5.41, 5.74) is 2.42. The second-order valence-corrected chi connectivity index (χ2v) is 9.31. The first-order valence-electron chi connectivity index (χ1n) is 10.9. The zero-order valence-electron chi connectivity index (χ0n) is 18.9. The Kier molecular flexibility index (Phi) is 5.96. The Morgan fingerprint density at radius 1 is 1.19 bits per heavy atom. The van der Waals surface area contributed by atoms with Crippen LogP contribution >= 0.6 is 0 Å². The van der Waals surface area contributed by atoms with Crippen molar-refractivity contribution >= 4 is 5.97 Å². The number of benzene rings is 2. The number of hydrogen-bond donors (Lipinski definition) is 1. The zero-order valence-corrected chi connectivity index (χ0v) is 18.9. The van der Waals surface area contributed by atoms with Crippen molar-refractivity contribution in [3.05, 3.63) is 65.5 Å². The lowest BCUT2D eigenvalue weighted by Crippen LogP contribution is -2.46. The Labute approximate surface area is 188 Å². The monoisotopic (exact) mass is 435 g/mol. The Bertz CT molecular complexity index is 1100. The van der Waals surface area contributed by atoms with Gasteiger partial charge in [0.05, 0.1) is 18.2 Å². The number of aryl methyl sites for hydroxylation is 1. The first-order chi connectivity index (χ1) is 15.2. The molecule has 4 rings (SSSR count). The fourth-order valence-electron chi connectivity index (χ4n) is 4.09. The molecule has 0 saturated carbocycles. The first-order valence-corrected chi connectivity index (χ1v) is 10.9. The van der Waals surface area contributed by atoms with E-state index in [0.29, 0.717) is 36.8 Å². The van der Waals surface area contributed by atoms with Crippen LogP contribution in [0.1, 0.15) is 37.8 Å². The van der Waals surface area contributed by atoms with E-state index in [9.17, 15) is 9.90 Å². The summed E-state index contributed by atoms with van der Waals surface area (Å²) < 4.78 is 17.9. The van der Waals surface area contributed by atoms with Crippen molar-refractivity contribution in [2.24, 2.45) is 11.3 Å². The van der Waals surface area contributed by atoms with Gasteiger partial charge in [-0.25, -0.2) is 4.98 Å². The normalized spacial score (nSPS) is 18.0. The van der Waals surface area contributed by atoms with Crippen LogP contribution in [0.5, 0.6) is 11.5 Å². The van der Waals surface area contributed by atoms with Crippen LogP contribution in [0.25, 0.3) is 11.5 Å². The van der Waals surface area contributed by atoms with Gasteiger partial charge in [0, 0.05) is 18.1 Å². The molecule has 0 bridgehead atoms. The summed E-state index contributed by atoms with van der Waals surface area (Å²) >= 11 is 0. The third kappa shape index (κ3) is 4.64. The molecular weight excluding hydrogens is 406 g/mol. The van der Waals surface area contributed by atoms with Gasteiger partial charge < -0.3 is 19.0 Å². The number of ether oxygens (including phenoxy) is 2. The number of carbonyl (C=O) groups is 1. The Morgan fingerprint density at radius 3 is 2.62 bits per heavy atom. The predicted octanol–water partition coefficient (Wildman–Crippen LogP) is 5.32. The zero-order chi connectivity index (χ0) is 22.9. The summed E-state index contributed by atoms with van der Waals surface area (Å²) in [5, 5.41) is 9.66. The molecule has 2 atom stereocenters. The molecule has 6 heteroatoms. The van der Waals surface area contributed by atoms with Crippen molar-refractivity contribution in [2.45, 2.75) is 46.6 Å². The maximum atomic E-state index is 11.8. The number of carboxylic acids is 1. The number of hydrogen-bond acceptors (Lipinski definition) is 5. The van der Waals surface area contributed by atoms with E-state index in [1.807, 2.05) is 76.2 Å². The second kappa shape index (κ2) is 8.69. The van der Waals surface area contributed by atoms with Crippen molar-refractivity contribution in [3.8, 4) is 23.0 Å². The minimum atomic E-state index is -0.825. The largest absolute Gasteiger partial charge is 0.493 e. The molecule has 1 aliphatic heterocycles. The molecule has 2 unspecified atom stereocenters. The van der Waals surface area contributed by atoms with Crippen molar-refractivity contribution in [2.75, 3.05) is 6.61 Å². The molecule has 6 nitrogen and oxygen atoms in total. The molecule has 2 heterocycles. The third-order valence-electron chi connectivity index (χ3n) is 5.79. The van der Waals surface area contributed by atoms with Crippen molar-refractivity contribution in [3.63, 3.8) is 0 Å². The van der Waals surface area contributed by atoms with Gasteiger partial charge in [0.15, 0.2) is 0 Å². The number of fused-ring (bicyclic) bond motifs is 1. The van der Waals surface area contributed by atoms with E-state index < -0.39 is 18.0 Å². The van der Waals surface area contributed by atoms with Crippen LogP contribution in [0.4, 0.5) is 0 Å². The molecule has 0 fully saturated rings. The third-order valence-corrected chi connectivity index (χ3v) is 5.79. The van der Waals surface area contributed by atoms with E-state index >= 15 is 0 Å². The fourth-order valence-corrected chi connectivity index (χ4v) is 4.09. The summed E-state index contributed by atoms with van der Waals surface area (Å²) in [6.07, 6.45) is 0.663. The van der Waals surface area contributed by atoms with Crippen molar-refractivity contribution < 1.29 is 23.8 Å². The van der Waals surface area contributed by atoms with Gasteiger partial charge in [0.2, 0.25) is 5.89 Å². The highest BCUT2D eigenvalue weighted by Gasteiger charge is 2.42. The summed E-state index contributed by atoms with van der Waals surface area (Å²) in [5.74, 6) is 1.39. The number of nitrogens with zero attached hydrogens (tertiary/aromatic N) is 1. The van der Waals surface area contributed by atoms with Gasteiger partial charge >= 0.3 is 5.97 Å². The van der Waals surface area contributed by atoms with E-state index in [4.69, 9.17) is 13.9 Å². The average Bonchev–Trinajstić information content (AvgIpc) is 3.13. The van der Waals surface area contributed by atoms with Crippen molar-refractivity contribution in [1.29, 1.82) is 0 Å². The van der Waals surface area contributed by atoms with Crippen LogP contribution in [0.3, 0.4) is 0 Å². The molecule has 0 amide bonds. The quantitative estimate of drug-likeness (QED) is 0.564. The number of aliphatic carboxylic acids is 1. The molecule has 0 spiro atoms. The number of aromatic nitrogens is 1. The molecule has 2 aromatic carbocycles. The number of rotatable bonds is 6. The topological polar surface area (TPSA) is 81.8 Å². The molecule has 1 N–H and O–H groups in total. The molecule has 0 saturated heterocycles. The number of oxazole rings is 1. The van der Waals surface area contributed by atoms with Gasteiger partial charge in [0.1, 0.15) is 23.4 Å². The van der Waals surface area contributed by atoms with Crippen LogP contribution < -0.4 is 9.47 Å². The highest BCUT2D eigenvalue weighted by molar-refractivity contribution is 5.72. The molecule has 0 radical (unpaired) electrons. The summed E-state index contributed by atoms with van der Waals surface area (Å²) in [4.78, 5) is 16.4. The lowest BCUT2D eigenvalue weighted by atomic mass is 9.77. The first kappa shape index (κ1) is 21.9. The Hall–Kier alpha value is -3.28. The molecule has 32 heavy (non-hydrogen) atoms.